The lowest BCUT2D eigenvalue weighted by Crippen LogP contribution is -1.88. The Hall–Kier alpha value is -1.56. The number of rotatable bonds is 2. The second kappa shape index (κ2) is 4.85. The highest BCUT2D eigenvalue weighted by Gasteiger charge is 2.18. The van der Waals surface area contributed by atoms with Crippen molar-refractivity contribution in [3.05, 3.63) is 39.3 Å². The van der Waals surface area contributed by atoms with Crippen molar-refractivity contribution in [3.8, 4) is 22.4 Å². The quantitative estimate of drug-likeness (QED) is 0.749. The number of H-pyrrole nitrogens is 1. The summed E-state index contributed by atoms with van der Waals surface area (Å²) in [6.07, 6.45) is 3.40. The average molecular weight is 311 g/mol. The zero-order valence-electron chi connectivity index (χ0n) is 9.52. The minimum atomic E-state index is 0.416. The molecule has 0 aliphatic rings. The van der Waals surface area contributed by atoms with Gasteiger partial charge in [0.25, 0.3) is 0 Å². The minimum Gasteiger partial charge on any atom is -0.382 e. The number of nitrogens with zero attached hydrogens (tertiary/aromatic N) is 2. The van der Waals surface area contributed by atoms with Crippen LogP contribution < -0.4 is 5.73 Å². The molecular weight excluding hydrogens is 303 g/mol. The molecule has 0 aromatic carbocycles. The number of nitrogens with one attached hydrogen (secondary N) is 1. The fraction of sp³-hybridized carbons (Fsp3) is 0. The van der Waals surface area contributed by atoms with Crippen LogP contribution in [-0.4, -0.2) is 15.2 Å². The highest BCUT2D eigenvalue weighted by Crippen LogP contribution is 2.42. The summed E-state index contributed by atoms with van der Waals surface area (Å²) in [6, 6.07) is 5.53. The third-order valence-electron chi connectivity index (χ3n) is 2.69. The number of anilines is 1. The van der Waals surface area contributed by atoms with Crippen LogP contribution in [-0.2, 0) is 0 Å². The average Bonchev–Trinajstić information content (AvgIpc) is 2.93. The summed E-state index contributed by atoms with van der Waals surface area (Å²) in [5, 5.41) is 6.97. The molecule has 0 amide bonds. The fourth-order valence-electron chi connectivity index (χ4n) is 1.87. The number of hydrogen-bond acceptors (Lipinski definition) is 4. The van der Waals surface area contributed by atoms with Crippen molar-refractivity contribution in [1.82, 2.24) is 15.2 Å². The zero-order chi connectivity index (χ0) is 13.4. The maximum absolute atomic E-state index is 6.18. The van der Waals surface area contributed by atoms with Gasteiger partial charge in [0.2, 0.25) is 0 Å². The molecule has 0 atom stereocenters. The standard InChI is InChI=1S/C12H8Cl2N4S/c13-8-5-7(11(14)19-8)10-9(12(15)18-17-10)6-1-3-16-4-2-6/h1-5H,(H3,15,17,18). The van der Waals surface area contributed by atoms with Gasteiger partial charge in [-0.15, -0.1) is 11.3 Å². The summed E-state index contributed by atoms with van der Waals surface area (Å²) in [7, 11) is 0. The summed E-state index contributed by atoms with van der Waals surface area (Å²) in [6.45, 7) is 0. The van der Waals surface area contributed by atoms with Crippen molar-refractivity contribution in [1.29, 1.82) is 0 Å². The van der Waals surface area contributed by atoms with E-state index in [1.54, 1.807) is 18.5 Å². The summed E-state index contributed by atoms with van der Waals surface area (Å²) >= 11 is 13.5. The Morgan fingerprint density at radius 2 is 1.95 bits per heavy atom. The molecule has 4 nitrogen and oxygen atoms in total. The number of aromatic amines is 1. The largest absolute Gasteiger partial charge is 0.382 e. The van der Waals surface area contributed by atoms with Crippen LogP contribution in [0.15, 0.2) is 30.6 Å². The van der Waals surface area contributed by atoms with Gasteiger partial charge >= 0.3 is 0 Å². The van der Waals surface area contributed by atoms with E-state index in [2.05, 4.69) is 15.2 Å². The van der Waals surface area contributed by atoms with Crippen LogP contribution in [0.25, 0.3) is 22.4 Å². The van der Waals surface area contributed by atoms with Crippen LogP contribution in [0.4, 0.5) is 5.82 Å². The first-order valence-electron chi connectivity index (χ1n) is 5.36. The van der Waals surface area contributed by atoms with E-state index in [1.807, 2.05) is 12.1 Å². The Kier molecular flexibility index (Phi) is 3.18. The Labute approximate surface area is 123 Å². The third-order valence-corrected chi connectivity index (χ3v) is 4.18. The Balaban J connectivity index is 2.22. The molecule has 0 aliphatic heterocycles. The SMILES string of the molecule is Nc1n[nH]c(-c2cc(Cl)sc2Cl)c1-c1ccncc1. The summed E-state index contributed by atoms with van der Waals surface area (Å²) in [4.78, 5) is 3.99. The summed E-state index contributed by atoms with van der Waals surface area (Å²) in [5.74, 6) is 0.416. The number of pyridine rings is 1. The number of nitrogen functional groups attached to an aromatic ring is 1. The molecular formula is C12H8Cl2N4S. The minimum absolute atomic E-state index is 0.416. The molecule has 3 aromatic rings. The van der Waals surface area contributed by atoms with Gasteiger partial charge in [0, 0.05) is 18.0 Å². The van der Waals surface area contributed by atoms with E-state index in [0.29, 0.717) is 14.5 Å². The topological polar surface area (TPSA) is 67.6 Å². The Morgan fingerprint density at radius 1 is 1.21 bits per heavy atom. The summed E-state index contributed by atoms with van der Waals surface area (Å²) in [5.41, 5.74) is 9.22. The molecule has 3 rings (SSSR count). The van der Waals surface area contributed by atoms with Crippen molar-refractivity contribution in [2.45, 2.75) is 0 Å². The van der Waals surface area contributed by atoms with E-state index >= 15 is 0 Å². The molecule has 0 unspecified atom stereocenters. The van der Waals surface area contributed by atoms with Crippen LogP contribution in [0, 0.1) is 0 Å². The van der Waals surface area contributed by atoms with Gasteiger partial charge in [-0.05, 0) is 23.8 Å². The van der Waals surface area contributed by atoms with E-state index in [-0.39, 0.29) is 0 Å². The Bertz CT molecular complexity index is 721. The molecule has 0 spiro atoms. The van der Waals surface area contributed by atoms with Crippen LogP contribution >= 0.6 is 34.5 Å². The maximum Gasteiger partial charge on any atom is 0.153 e. The molecule has 7 heteroatoms. The van der Waals surface area contributed by atoms with Gasteiger partial charge < -0.3 is 5.73 Å². The van der Waals surface area contributed by atoms with E-state index in [9.17, 15) is 0 Å². The number of thiophene rings is 1. The van der Waals surface area contributed by atoms with E-state index < -0.39 is 0 Å². The fourth-order valence-corrected chi connectivity index (χ4v) is 3.35. The Morgan fingerprint density at radius 3 is 2.58 bits per heavy atom. The lowest BCUT2D eigenvalue weighted by atomic mass is 10.0. The molecule has 0 radical (unpaired) electrons. The predicted molar refractivity (Wildman–Crippen MR) is 79.6 cm³/mol. The van der Waals surface area contributed by atoms with Crippen LogP contribution in [0.2, 0.25) is 8.67 Å². The number of nitrogens with two attached hydrogens (primary N) is 1. The highest BCUT2D eigenvalue weighted by atomic mass is 35.5. The van der Waals surface area contributed by atoms with Crippen molar-refractivity contribution < 1.29 is 0 Å². The van der Waals surface area contributed by atoms with Crippen LogP contribution in [0.5, 0.6) is 0 Å². The molecule has 0 fully saturated rings. The van der Waals surface area contributed by atoms with Gasteiger partial charge in [0.1, 0.15) is 4.34 Å². The molecule has 3 aromatic heterocycles. The van der Waals surface area contributed by atoms with Crippen molar-refractivity contribution in [2.24, 2.45) is 0 Å². The first kappa shape index (κ1) is 12.5. The van der Waals surface area contributed by atoms with Gasteiger partial charge in [0.15, 0.2) is 5.82 Å². The zero-order valence-corrected chi connectivity index (χ0v) is 11.9. The number of hydrogen-bond donors (Lipinski definition) is 2. The molecule has 96 valence electrons. The van der Waals surface area contributed by atoms with E-state index in [1.165, 1.54) is 11.3 Å². The first-order valence-corrected chi connectivity index (χ1v) is 6.93. The van der Waals surface area contributed by atoms with Gasteiger partial charge in [-0.1, -0.05) is 23.2 Å². The number of halogens is 2. The van der Waals surface area contributed by atoms with Crippen LogP contribution in [0.1, 0.15) is 0 Å². The first-order chi connectivity index (χ1) is 9.16. The smallest absolute Gasteiger partial charge is 0.153 e. The van der Waals surface area contributed by atoms with Crippen LogP contribution in [0.3, 0.4) is 0 Å². The van der Waals surface area contributed by atoms with Crippen molar-refractivity contribution >= 4 is 40.4 Å². The highest BCUT2D eigenvalue weighted by molar-refractivity contribution is 7.20. The van der Waals surface area contributed by atoms with Crippen molar-refractivity contribution in [3.63, 3.8) is 0 Å². The lowest BCUT2D eigenvalue weighted by molar-refractivity contribution is 1.10. The monoisotopic (exact) mass is 310 g/mol. The van der Waals surface area contributed by atoms with Gasteiger partial charge in [-0.3, -0.25) is 10.1 Å². The van der Waals surface area contributed by atoms with E-state index in [0.717, 1.165) is 22.4 Å². The molecule has 3 N–H and O–H groups in total. The van der Waals surface area contributed by atoms with Gasteiger partial charge in [0.05, 0.1) is 15.6 Å². The second-order valence-electron chi connectivity index (χ2n) is 3.83. The molecule has 19 heavy (non-hydrogen) atoms. The number of aromatic nitrogens is 3. The van der Waals surface area contributed by atoms with E-state index in [4.69, 9.17) is 28.9 Å². The maximum atomic E-state index is 6.18. The second-order valence-corrected chi connectivity index (χ2v) is 6.12. The molecule has 0 aliphatic carbocycles. The van der Waals surface area contributed by atoms with Crippen molar-refractivity contribution in [2.75, 3.05) is 5.73 Å². The molecule has 0 bridgehead atoms. The molecule has 0 saturated carbocycles. The normalized spacial score (nSPS) is 10.8. The van der Waals surface area contributed by atoms with Gasteiger partial charge in [-0.2, -0.15) is 5.10 Å². The van der Waals surface area contributed by atoms with Gasteiger partial charge in [-0.25, -0.2) is 0 Å². The molecule has 3 heterocycles. The lowest BCUT2D eigenvalue weighted by Gasteiger charge is -2.03. The summed E-state index contributed by atoms with van der Waals surface area (Å²) < 4.78 is 1.22. The predicted octanol–water partition coefficient (Wildman–Crippen LogP) is 4.09. The molecule has 0 saturated heterocycles. The third kappa shape index (κ3) is 2.20.